The van der Waals surface area contributed by atoms with Gasteiger partial charge < -0.3 is 34.2 Å². The third-order valence-corrected chi connectivity index (χ3v) is 9.95. The molecule has 3 aliphatic rings. The number of benzene rings is 1. The molecule has 5 atom stereocenters. The molecule has 0 unspecified atom stereocenters. The molecule has 278 valence electrons. The van der Waals surface area contributed by atoms with Crippen molar-refractivity contribution < 1.29 is 46.5 Å². The first kappa shape index (κ1) is 39.1. The van der Waals surface area contributed by atoms with Gasteiger partial charge in [-0.1, -0.05) is 26.0 Å². The topological polar surface area (TPSA) is 103 Å². The molecule has 50 heavy (non-hydrogen) atoms. The van der Waals surface area contributed by atoms with E-state index in [0.717, 1.165) is 18.0 Å². The van der Waals surface area contributed by atoms with Gasteiger partial charge in [0.25, 0.3) is 0 Å². The minimum atomic E-state index is -4.92. The zero-order valence-electron chi connectivity index (χ0n) is 29.5. The van der Waals surface area contributed by atoms with Crippen LogP contribution in [0.25, 0.3) is 6.08 Å². The third-order valence-electron chi connectivity index (χ3n) is 9.95. The van der Waals surface area contributed by atoms with E-state index in [0.29, 0.717) is 42.8 Å². The highest BCUT2D eigenvalue weighted by Crippen LogP contribution is 2.30. The van der Waals surface area contributed by atoms with Crippen molar-refractivity contribution in [2.45, 2.75) is 83.4 Å². The van der Waals surface area contributed by atoms with E-state index in [-0.39, 0.29) is 50.2 Å². The Morgan fingerprint density at radius 2 is 1.64 bits per heavy atom. The summed E-state index contributed by atoms with van der Waals surface area (Å²) in [6.45, 7) is 8.09. The fourth-order valence-corrected chi connectivity index (χ4v) is 6.70. The molecule has 3 aliphatic heterocycles. The summed E-state index contributed by atoms with van der Waals surface area (Å²) in [4.78, 5) is 44.1. The number of hydrogen-bond acceptors (Lipinski definition) is 8. The number of aliphatic hydroxyl groups is 1. The summed E-state index contributed by atoms with van der Waals surface area (Å²) in [7, 11) is 3.74. The van der Waals surface area contributed by atoms with Gasteiger partial charge in [-0.15, -0.1) is 0 Å². The first-order valence-electron chi connectivity index (χ1n) is 17.3. The molecule has 1 aromatic rings. The van der Waals surface area contributed by atoms with Gasteiger partial charge in [-0.25, -0.2) is 9.18 Å². The molecule has 2 amide bonds. The molecule has 3 heterocycles. The fraction of sp³-hybridized carbons (Fsp3) is 0.639. The van der Waals surface area contributed by atoms with Crippen molar-refractivity contribution in [1.29, 1.82) is 0 Å². The second-order valence-corrected chi connectivity index (χ2v) is 14.0. The van der Waals surface area contributed by atoms with Gasteiger partial charge in [0.15, 0.2) is 0 Å². The Balaban J connectivity index is 1.52. The number of carbonyl (C=O) groups excluding carboxylic acids is 3. The monoisotopic (exact) mass is 710 g/mol. The first-order chi connectivity index (χ1) is 23.5. The standard InChI is InChI=1S/C36H50F4N4O6/c1-23-6-8-30(45)22-32(46)50-33(24(2)7-9-31(23)49-35(48)44-16-14-41(4)15-17-44)25(3)18-26-19-27(37)21-29(20-26)42(5)28-10-12-43(13-11-28)34(47)36(38,39)40/h7,9,18-21,23-24,28,30-31,33,45H,6,8,10-17,22H2,1-5H3/b9-7+,25-18+/t23-,24-,30+,31-,33-/m0/s1. The second kappa shape index (κ2) is 17.0. The third kappa shape index (κ3) is 10.7. The highest BCUT2D eigenvalue weighted by molar-refractivity contribution is 5.82. The Bertz CT molecular complexity index is 1410. The number of alkyl halides is 3. The fourth-order valence-electron chi connectivity index (χ4n) is 6.70. The number of amides is 2. The van der Waals surface area contributed by atoms with Gasteiger partial charge in [0.1, 0.15) is 18.0 Å². The molecule has 2 saturated heterocycles. The maximum Gasteiger partial charge on any atom is 0.471 e. The van der Waals surface area contributed by atoms with Gasteiger partial charge in [-0.3, -0.25) is 9.59 Å². The van der Waals surface area contributed by atoms with E-state index in [4.69, 9.17) is 9.47 Å². The first-order valence-corrected chi connectivity index (χ1v) is 17.3. The van der Waals surface area contributed by atoms with Crippen LogP contribution in [0.3, 0.4) is 0 Å². The van der Waals surface area contributed by atoms with Gasteiger partial charge in [-0.2, -0.15) is 13.2 Å². The minimum absolute atomic E-state index is 0.0592. The highest BCUT2D eigenvalue weighted by atomic mass is 19.4. The zero-order valence-corrected chi connectivity index (χ0v) is 29.5. The Labute approximate surface area is 291 Å². The van der Waals surface area contributed by atoms with Crippen molar-refractivity contribution in [2.24, 2.45) is 11.8 Å². The molecule has 0 aliphatic carbocycles. The lowest BCUT2D eigenvalue weighted by Crippen LogP contribution is -2.49. The summed E-state index contributed by atoms with van der Waals surface area (Å²) >= 11 is 0. The quantitative estimate of drug-likeness (QED) is 0.251. The number of piperidine rings is 1. The van der Waals surface area contributed by atoms with Crippen LogP contribution in [0.2, 0.25) is 0 Å². The van der Waals surface area contributed by atoms with Gasteiger partial charge in [0.2, 0.25) is 0 Å². The molecule has 1 N–H and O–H groups in total. The predicted molar refractivity (Wildman–Crippen MR) is 181 cm³/mol. The van der Waals surface area contributed by atoms with Crippen molar-refractivity contribution in [3.8, 4) is 0 Å². The Kier molecular flexibility index (Phi) is 13.3. The number of halogens is 4. The SMILES string of the molecule is C/C(=C\c1cc(F)cc(N(C)C2CCN(C(=O)C(F)(F)F)CC2)c1)[C@H]1OC(=O)C[C@H](O)CC[C@H](C)[C@@H](OC(=O)N2CCN(C)CC2)/C=C/[C@@H]1C. The molecular formula is C36H50F4N4O6. The summed E-state index contributed by atoms with van der Waals surface area (Å²) in [5.41, 5.74) is 1.61. The Hall–Kier alpha value is -3.65. The molecular weight excluding hydrogens is 660 g/mol. The average molecular weight is 711 g/mol. The van der Waals surface area contributed by atoms with Crippen LogP contribution in [0.4, 0.5) is 28.0 Å². The number of piperazine rings is 1. The van der Waals surface area contributed by atoms with E-state index in [1.807, 2.05) is 33.0 Å². The van der Waals surface area contributed by atoms with Crippen LogP contribution in [0.5, 0.6) is 0 Å². The number of rotatable bonds is 5. The van der Waals surface area contributed by atoms with E-state index in [2.05, 4.69) is 4.90 Å². The number of hydrogen-bond donors (Lipinski definition) is 1. The molecule has 4 rings (SSSR count). The van der Waals surface area contributed by atoms with Crippen LogP contribution in [0.15, 0.2) is 35.9 Å². The molecule has 1 aromatic carbocycles. The highest BCUT2D eigenvalue weighted by Gasteiger charge is 2.43. The Morgan fingerprint density at radius 1 is 0.980 bits per heavy atom. The maximum absolute atomic E-state index is 15.0. The molecule has 2 fully saturated rings. The maximum atomic E-state index is 15.0. The number of esters is 1. The number of aliphatic hydroxyl groups excluding tert-OH is 1. The average Bonchev–Trinajstić information content (AvgIpc) is 3.06. The van der Waals surface area contributed by atoms with Crippen LogP contribution in [-0.2, 0) is 19.1 Å². The van der Waals surface area contributed by atoms with E-state index >= 15 is 0 Å². The molecule has 0 aromatic heterocycles. The summed E-state index contributed by atoms with van der Waals surface area (Å²) in [5, 5.41) is 10.6. The normalized spacial score (nSPS) is 27.5. The molecule has 14 heteroatoms. The zero-order chi connectivity index (χ0) is 36.7. The minimum Gasteiger partial charge on any atom is -0.457 e. The van der Waals surface area contributed by atoms with E-state index in [1.165, 1.54) is 12.1 Å². The molecule has 10 nitrogen and oxygen atoms in total. The number of carbonyl (C=O) groups is 3. The van der Waals surface area contributed by atoms with Crippen LogP contribution in [-0.4, -0.2) is 122 Å². The summed E-state index contributed by atoms with van der Waals surface area (Å²) in [6.07, 6.45) is -1.03. The van der Waals surface area contributed by atoms with Crippen molar-refractivity contribution >= 4 is 29.7 Å². The van der Waals surface area contributed by atoms with Gasteiger partial charge in [0.05, 0.1) is 12.5 Å². The molecule has 0 bridgehead atoms. The van der Waals surface area contributed by atoms with Crippen molar-refractivity contribution in [3.63, 3.8) is 0 Å². The molecule has 0 spiro atoms. The number of ether oxygens (including phenoxy) is 2. The van der Waals surface area contributed by atoms with E-state index in [1.54, 1.807) is 35.9 Å². The lowest BCUT2D eigenvalue weighted by Gasteiger charge is -2.38. The van der Waals surface area contributed by atoms with Gasteiger partial charge >= 0.3 is 24.1 Å². The van der Waals surface area contributed by atoms with Crippen LogP contribution in [0.1, 0.15) is 58.4 Å². The number of likely N-dealkylation sites (N-methyl/N-ethyl adjacent to an activating group) is 1. The Morgan fingerprint density at radius 3 is 2.28 bits per heavy atom. The number of anilines is 1. The summed E-state index contributed by atoms with van der Waals surface area (Å²) in [5.74, 6) is -3.46. The van der Waals surface area contributed by atoms with Crippen LogP contribution < -0.4 is 4.90 Å². The van der Waals surface area contributed by atoms with Crippen molar-refractivity contribution in [1.82, 2.24) is 14.7 Å². The summed E-state index contributed by atoms with van der Waals surface area (Å²) < 4.78 is 65.5. The van der Waals surface area contributed by atoms with E-state index < -0.39 is 48.3 Å². The molecule has 0 saturated carbocycles. The lowest BCUT2D eigenvalue weighted by molar-refractivity contribution is -0.186. The summed E-state index contributed by atoms with van der Waals surface area (Å²) in [6, 6.07) is 4.21. The second-order valence-electron chi connectivity index (χ2n) is 14.0. The largest absolute Gasteiger partial charge is 0.471 e. The number of nitrogens with zero attached hydrogens (tertiary/aromatic N) is 4. The van der Waals surface area contributed by atoms with Gasteiger partial charge in [0, 0.05) is 64.0 Å². The van der Waals surface area contributed by atoms with E-state index in [9.17, 15) is 37.1 Å². The van der Waals surface area contributed by atoms with Gasteiger partial charge in [-0.05, 0) is 81.0 Å². The van der Waals surface area contributed by atoms with Crippen molar-refractivity contribution in [3.05, 3.63) is 47.3 Å². The lowest BCUT2D eigenvalue weighted by atomic mass is 9.91. The number of cyclic esters (lactones) is 1. The number of likely N-dealkylation sites (tertiary alicyclic amines) is 1. The van der Waals surface area contributed by atoms with Crippen LogP contribution in [0, 0.1) is 17.7 Å². The molecule has 0 radical (unpaired) electrons. The van der Waals surface area contributed by atoms with Crippen molar-refractivity contribution in [2.75, 3.05) is 58.3 Å². The predicted octanol–water partition coefficient (Wildman–Crippen LogP) is 5.26. The smallest absolute Gasteiger partial charge is 0.457 e. The van der Waals surface area contributed by atoms with Crippen LogP contribution >= 0.6 is 0 Å².